The van der Waals surface area contributed by atoms with Crippen LogP contribution in [0, 0.1) is 0 Å². The van der Waals surface area contributed by atoms with Gasteiger partial charge in [0.1, 0.15) is 11.5 Å². The van der Waals surface area contributed by atoms with E-state index in [1.807, 2.05) is 0 Å². The highest BCUT2D eigenvalue weighted by atomic mass is 16.3. The van der Waals surface area contributed by atoms with Gasteiger partial charge in [-0.15, -0.1) is 0 Å². The Labute approximate surface area is 225 Å². The minimum Gasteiger partial charge on any atom is -0.508 e. The maximum atomic E-state index is 12.9. The zero-order valence-corrected chi connectivity index (χ0v) is 22.6. The Morgan fingerprint density at radius 1 is 0.632 bits per heavy atom. The van der Waals surface area contributed by atoms with Crippen LogP contribution in [0.5, 0.6) is 28.7 Å². The molecule has 3 aromatic rings. The first kappa shape index (κ1) is 29.2. The summed E-state index contributed by atoms with van der Waals surface area (Å²) in [6.07, 6.45) is 17.1. The molecule has 0 aliphatic rings. The van der Waals surface area contributed by atoms with Crippen LogP contribution in [0.25, 0.3) is 22.2 Å². The SMILES string of the molecule is CCCCCCCCCCCCCCCCn1c(-c2ccc(O)c(O)c2)c(O)c(=O)c2c(O)cc(O)cc21. The van der Waals surface area contributed by atoms with E-state index in [4.69, 9.17) is 0 Å². The molecule has 0 radical (unpaired) electrons. The van der Waals surface area contributed by atoms with Crippen LogP contribution in [0.3, 0.4) is 0 Å². The number of phenolic OH excluding ortho intramolecular Hbond substituents is 4. The summed E-state index contributed by atoms with van der Waals surface area (Å²) >= 11 is 0. The van der Waals surface area contributed by atoms with Crippen molar-refractivity contribution in [3.63, 3.8) is 0 Å². The van der Waals surface area contributed by atoms with Crippen LogP contribution in [0.15, 0.2) is 35.1 Å². The molecular weight excluding hydrogens is 482 g/mol. The highest BCUT2D eigenvalue weighted by molar-refractivity contribution is 5.91. The molecule has 0 unspecified atom stereocenters. The summed E-state index contributed by atoms with van der Waals surface area (Å²) < 4.78 is 1.69. The van der Waals surface area contributed by atoms with Crippen LogP contribution < -0.4 is 5.43 Å². The lowest BCUT2D eigenvalue weighted by Crippen LogP contribution is -2.13. The molecule has 38 heavy (non-hydrogen) atoms. The van der Waals surface area contributed by atoms with Crippen LogP contribution >= 0.6 is 0 Å². The van der Waals surface area contributed by atoms with Crippen LogP contribution in [0.1, 0.15) is 96.8 Å². The molecule has 0 saturated carbocycles. The topological polar surface area (TPSA) is 123 Å². The maximum Gasteiger partial charge on any atom is 0.235 e. The number of hydrogen-bond acceptors (Lipinski definition) is 6. The van der Waals surface area contributed by atoms with Crippen LogP contribution in [0.4, 0.5) is 0 Å². The Hall–Kier alpha value is -3.35. The first-order chi connectivity index (χ1) is 18.3. The van der Waals surface area contributed by atoms with E-state index in [1.54, 1.807) is 4.57 Å². The Morgan fingerprint density at radius 3 is 1.74 bits per heavy atom. The summed E-state index contributed by atoms with van der Waals surface area (Å²) in [5, 5.41) is 51.0. The second kappa shape index (κ2) is 14.6. The summed E-state index contributed by atoms with van der Waals surface area (Å²) in [6, 6.07) is 6.53. The van der Waals surface area contributed by atoms with Gasteiger partial charge in [-0.1, -0.05) is 90.4 Å². The van der Waals surface area contributed by atoms with Gasteiger partial charge in [-0.25, -0.2) is 0 Å². The molecule has 0 spiro atoms. The van der Waals surface area contributed by atoms with Gasteiger partial charge in [-0.2, -0.15) is 0 Å². The molecule has 1 aromatic heterocycles. The van der Waals surface area contributed by atoms with Crippen molar-refractivity contribution in [1.29, 1.82) is 0 Å². The summed E-state index contributed by atoms with van der Waals surface area (Å²) in [4.78, 5) is 12.9. The second-order valence-corrected chi connectivity index (χ2v) is 10.3. The number of hydrogen-bond donors (Lipinski definition) is 5. The standard InChI is InChI=1S/C31H43NO6/c1-2-3-4-5-6-7-8-9-10-11-12-13-14-15-18-32-24-20-23(33)21-27(36)28(24)30(37)31(38)29(32)22-16-17-25(34)26(35)19-22/h16-17,19-21,33-36,38H,2-15,18H2,1H3. The minimum absolute atomic E-state index is 0.0718. The molecule has 0 amide bonds. The zero-order chi connectivity index (χ0) is 27.5. The van der Waals surface area contributed by atoms with E-state index in [0.717, 1.165) is 31.7 Å². The van der Waals surface area contributed by atoms with E-state index < -0.39 is 16.9 Å². The molecule has 2 aromatic carbocycles. The molecule has 7 nitrogen and oxygen atoms in total. The lowest BCUT2D eigenvalue weighted by molar-refractivity contribution is 0.404. The van der Waals surface area contributed by atoms with Crippen molar-refractivity contribution >= 4 is 10.9 Å². The summed E-state index contributed by atoms with van der Waals surface area (Å²) in [5.74, 6) is -1.86. The number of pyridine rings is 1. The van der Waals surface area contributed by atoms with Gasteiger partial charge < -0.3 is 30.1 Å². The first-order valence-electron chi connectivity index (χ1n) is 14.2. The number of aromatic nitrogens is 1. The molecule has 0 saturated heterocycles. The fourth-order valence-corrected chi connectivity index (χ4v) is 5.18. The van der Waals surface area contributed by atoms with Crippen LogP contribution in [-0.2, 0) is 6.54 Å². The van der Waals surface area contributed by atoms with Crippen molar-refractivity contribution in [2.45, 2.75) is 103 Å². The van der Waals surface area contributed by atoms with Gasteiger partial charge in [-0.05, 0) is 24.6 Å². The number of aromatic hydroxyl groups is 5. The lowest BCUT2D eigenvalue weighted by Gasteiger charge is -2.19. The smallest absolute Gasteiger partial charge is 0.235 e. The lowest BCUT2D eigenvalue weighted by atomic mass is 10.0. The Bertz CT molecular complexity index is 1250. The third kappa shape index (κ3) is 7.59. The molecule has 0 bridgehead atoms. The Morgan fingerprint density at radius 2 is 1.18 bits per heavy atom. The highest BCUT2D eigenvalue weighted by Crippen LogP contribution is 2.38. The van der Waals surface area contributed by atoms with Gasteiger partial charge >= 0.3 is 0 Å². The Balaban J connectivity index is 1.62. The quantitative estimate of drug-likeness (QED) is 0.0965. The predicted octanol–water partition coefficient (Wildman–Crippen LogP) is 7.68. The van der Waals surface area contributed by atoms with E-state index in [9.17, 15) is 30.3 Å². The molecule has 0 aliphatic heterocycles. The van der Waals surface area contributed by atoms with E-state index in [-0.39, 0.29) is 28.3 Å². The number of nitrogens with zero attached hydrogens (tertiary/aromatic N) is 1. The fourth-order valence-electron chi connectivity index (χ4n) is 5.18. The third-order valence-electron chi connectivity index (χ3n) is 7.29. The Kier molecular flexibility index (Phi) is 11.2. The fraction of sp³-hybridized carbons (Fsp3) is 0.516. The summed E-state index contributed by atoms with van der Waals surface area (Å²) in [6.45, 7) is 2.68. The van der Waals surface area contributed by atoms with E-state index in [0.29, 0.717) is 17.6 Å². The number of unbranched alkanes of at least 4 members (excludes halogenated alkanes) is 13. The molecule has 3 rings (SSSR count). The highest BCUT2D eigenvalue weighted by Gasteiger charge is 2.21. The molecule has 208 valence electrons. The minimum atomic E-state index is -0.766. The van der Waals surface area contributed by atoms with Crippen LogP contribution in [-0.4, -0.2) is 30.1 Å². The zero-order valence-electron chi connectivity index (χ0n) is 22.6. The van der Waals surface area contributed by atoms with Crippen molar-refractivity contribution in [3.8, 4) is 40.0 Å². The van der Waals surface area contributed by atoms with Crippen molar-refractivity contribution in [2.24, 2.45) is 0 Å². The summed E-state index contributed by atoms with van der Waals surface area (Å²) in [5.41, 5.74) is 0.0299. The van der Waals surface area contributed by atoms with Crippen molar-refractivity contribution in [1.82, 2.24) is 4.57 Å². The number of phenols is 4. The first-order valence-corrected chi connectivity index (χ1v) is 14.2. The van der Waals surface area contributed by atoms with E-state index in [1.165, 1.54) is 88.5 Å². The second-order valence-electron chi connectivity index (χ2n) is 10.3. The number of aryl methyl sites for hydroxylation is 1. The van der Waals surface area contributed by atoms with E-state index >= 15 is 0 Å². The molecule has 1 heterocycles. The molecule has 0 atom stereocenters. The maximum absolute atomic E-state index is 12.9. The van der Waals surface area contributed by atoms with Gasteiger partial charge in [0, 0.05) is 24.2 Å². The van der Waals surface area contributed by atoms with Gasteiger partial charge in [0.05, 0.1) is 16.6 Å². The number of rotatable bonds is 16. The monoisotopic (exact) mass is 525 g/mol. The number of fused-ring (bicyclic) bond motifs is 1. The van der Waals surface area contributed by atoms with Crippen molar-refractivity contribution < 1.29 is 25.5 Å². The normalized spacial score (nSPS) is 11.4. The molecular formula is C31H43NO6. The van der Waals surface area contributed by atoms with Crippen molar-refractivity contribution in [3.05, 3.63) is 40.6 Å². The van der Waals surface area contributed by atoms with Gasteiger partial charge in [0.25, 0.3) is 0 Å². The molecule has 7 heteroatoms. The van der Waals surface area contributed by atoms with Crippen LogP contribution in [0.2, 0.25) is 0 Å². The molecule has 0 aliphatic carbocycles. The third-order valence-corrected chi connectivity index (χ3v) is 7.29. The largest absolute Gasteiger partial charge is 0.508 e. The number of benzene rings is 2. The average molecular weight is 526 g/mol. The van der Waals surface area contributed by atoms with Gasteiger partial charge in [0.2, 0.25) is 5.43 Å². The average Bonchev–Trinajstić information content (AvgIpc) is 2.88. The van der Waals surface area contributed by atoms with Gasteiger partial charge in [-0.3, -0.25) is 4.79 Å². The van der Waals surface area contributed by atoms with Gasteiger partial charge in [0.15, 0.2) is 17.2 Å². The van der Waals surface area contributed by atoms with Crippen molar-refractivity contribution in [2.75, 3.05) is 0 Å². The molecule has 0 fully saturated rings. The van der Waals surface area contributed by atoms with E-state index in [2.05, 4.69) is 6.92 Å². The molecule has 5 N–H and O–H groups in total. The summed E-state index contributed by atoms with van der Waals surface area (Å²) in [7, 11) is 0. The predicted molar refractivity (Wildman–Crippen MR) is 152 cm³/mol.